The number of phosphoric ester groups is 1. The van der Waals surface area contributed by atoms with E-state index in [-0.39, 0.29) is 32.0 Å². The van der Waals surface area contributed by atoms with Crippen molar-refractivity contribution in [3.05, 3.63) is 24.3 Å². The van der Waals surface area contributed by atoms with E-state index in [9.17, 15) is 19.0 Å². The average Bonchev–Trinajstić information content (AvgIpc) is 3.42. The number of quaternary nitrogens is 1. The van der Waals surface area contributed by atoms with Gasteiger partial charge in [-0.1, -0.05) is 327 Å². The van der Waals surface area contributed by atoms with Gasteiger partial charge in [0.15, 0.2) is 6.10 Å². The third kappa shape index (κ3) is 65.6. The SMILES string of the molecule is CCCCC/C=C\C/C=C\CCCCCCCCCC(=O)OC(COC(=O)CCCCCCCCCCCCCCCCCCCCCCCCCCCCCCCCCCCCCCCCC)COP(=O)([O-])OCC[N+](C)(C)C. The van der Waals surface area contributed by atoms with Crippen molar-refractivity contribution < 1.29 is 42.1 Å². The highest BCUT2D eigenvalue weighted by molar-refractivity contribution is 7.45. The van der Waals surface area contributed by atoms with Crippen molar-refractivity contribution in [1.29, 1.82) is 0 Å². The lowest BCUT2D eigenvalue weighted by Gasteiger charge is -2.28. The van der Waals surface area contributed by atoms with Crippen LogP contribution in [0.3, 0.4) is 0 Å². The van der Waals surface area contributed by atoms with Crippen LogP contribution in [0.4, 0.5) is 0 Å². The van der Waals surface area contributed by atoms with E-state index in [4.69, 9.17) is 18.5 Å². The predicted molar refractivity (Wildman–Crippen MR) is 342 cm³/mol. The molecule has 2 unspecified atom stereocenters. The van der Waals surface area contributed by atoms with Crippen molar-refractivity contribution in [1.82, 2.24) is 0 Å². The first-order valence-electron chi connectivity index (χ1n) is 35.0. The maximum absolute atomic E-state index is 12.8. The molecule has 0 heterocycles. The minimum Gasteiger partial charge on any atom is -0.756 e. The summed E-state index contributed by atoms with van der Waals surface area (Å²) in [5.41, 5.74) is 0. The fourth-order valence-corrected chi connectivity index (χ4v) is 11.3. The molecule has 0 aromatic heterocycles. The summed E-state index contributed by atoms with van der Waals surface area (Å²) in [6, 6.07) is 0. The minimum absolute atomic E-state index is 0.0301. The number of likely N-dealkylation sites (N-methyl/N-ethyl adjacent to an activating group) is 1. The Balaban J connectivity index is 3.85. The summed E-state index contributed by atoms with van der Waals surface area (Å²) in [6.07, 6.45) is 77.2. The fourth-order valence-electron chi connectivity index (χ4n) is 10.6. The van der Waals surface area contributed by atoms with Gasteiger partial charge in [0.1, 0.15) is 19.8 Å². The van der Waals surface area contributed by atoms with Crippen molar-refractivity contribution in [3.8, 4) is 0 Å². The summed E-state index contributed by atoms with van der Waals surface area (Å²) < 4.78 is 34.2. The van der Waals surface area contributed by atoms with Gasteiger partial charge in [-0.3, -0.25) is 14.2 Å². The Morgan fingerprint density at radius 2 is 0.675 bits per heavy atom. The fraction of sp³-hybridized carbons (Fsp3) is 0.914. The number of nitrogens with zero attached hydrogens (tertiary/aromatic N) is 1. The van der Waals surface area contributed by atoms with Crippen LogP contribution in [0.1, 0.15) is 361 Å². The zero-order valence-electron chi connectivity index (χ0n) is 54.1. The summed E-state index contributed by atoms with van der Waals surface area (Å²) >= 11 is 0. The first-order chi connectivity index (χ1) is 39.0. The normalized spacial score (nSPS) is 13.2. The molecule has 9 nitrogen and oxygen atoms in total. The molecule has 0 radical (unpaired) electrons. The van der Waals surface area contributed by atoms with E-state index in [1.807, 2.05) is 21.1 Å². The van der Waals surface area contributed by atoms with Gasteiger partial charge in [-0.2, -0.15) is 0 Å². The van der Waals surface area contributed by atoms with Crippen molar-refractivity contribution in [2.45, 2.75) is 367 Å². The quantitative estimate of drug-likeness (QED) is 0.0195. The third-order valence-corrected chi connectivity index (χ3v) is 16.9. The Bertz CT molecular complexity index is 1400. The number of esters is 2. The number of carbonyl (C=O) groups excluding carboxylic acids is 2. The second kappa shape index (κ2) is 62.0. The first kappa shape index (κ1) is 78.5. The van der Waals surface area contributed by atoms with Crippen LogP contribution in [-0.4, -0.2) is 70.0 Å². The van der Waals surface area contributed by atoms with E-state index in [1.54, 1.807) is 0 Å². The lowest BCUT2D eigenvalue weighted by Crippen LogP contribution is -2.37. The van der Waals surface area contributed by atoms with E-state index in [1.165, 1.54) is 276 Å². The van der Waals surface area contributed by atoms with Gasteiger partial charge in [-0.15, -0.1) is 0 Å². The van der Waals surface area contributed by atoms with Gasteiger partial charge < -0.3 is 27.9 Å². The summed E-state index contributed by atoms with van der Waals surface area (Å²) in [7, 11) is 1.18. The van der Waals surface area contributed by atoms with Gasteiger partial charge in [0.05, 0.1) is 27.7 Å². The van der Waals surface area contributed by atoms with Crippen LogP contribution in [-0.2, 0) is 32.7 Å². The zero-order valence-corrected chi connectivity index (χ0v) is 55.0. The number of carbonyl (C=O) groups is 2. The lowest BCUT2D eigenvalue weighted by molar-refractivity contribution is -0.870. The van der Waals surface area contributed by atoms with Crippen molar-refractivity contribution in [2.24, 2.45) is 0 Å². The Kier molecular flexibility index (Phi) is 60.9. The summed E-state index contributed by atoms with van der Waals surface area (Å²) in [5.74, 6) is -0.825. The molecule has 10 heteroatoms. The highest BCUT2D eigenvalue weighted by Gasteiger charge is 2.22. The number of rotatable bonds is 66. The summed E-state index contributed by atoms with van der Waals surface area (Å²) in [4.78, 5) is 37.9. The number of allylic oxidation sites excluding steroid dienone is 4. The average molecular weight is 1150 g/mol. The molecule has 0 saturated carbocycles. The molecule has 0 bridgehead atoms. The monoisotopic (exact) mass is 1150 g/mol. The molecule has 0 aliphatic heterocycles. The molecule has 0 amide bonds. The highest BCUT2D eigenvalue weighted by atomic mass is 31.2. The number of phosphoric acid groups is 1. The van der Waals surface area contributed by atoms with E-state index >= 15 is 0 Å². The van der Waals surface area contributed by atoms with Crippen LogP contribution >= 0.6 is 7.82 Å². The Morgan fingerprint density at radius 1 is 0.388 bits per heavy atom. The second-order valence-electron chi connectivity index (χ2n) is 25.3. The van der Waals surface area contributed by atoms with Gasteiger partial charge in [0.2, 0.25) is 0 Å². The van der Waals surface area contributed by atoms with Gasteiger partial charge >= 0.3 is 11.9 Å². The van der Waals surface area contributed by atoms with Gasteiger partial charge in [-0.05, 0) is 44.9 Å². The molecule has 474 valence electrons. The minimum atomic E-state index is -4.64. The molecule has 0 spiro atoms. The van der Waals surface area contributed by atoms with Crippen LogP contribution in [0.15, 0.2) is 24.3 Å². The van der Waals surface area contributed by atoms with Crippen molar-refractivity contribution in [3.63, 3.8) is 0 Å². The summed E-state index contributed by atoms with van der Waals surface area (Å²) in [6.45, 7) is 4.26. The molecule has 0 N–H and O–H groups in total. The van der Waals surface area contributed by atoms with Crippen molar-refractivity contribution in [2.75, 3.05) is 47.5 Å². The molecule has 2 atom stereocenters. The van der Waals surface area contributed by atoms with Crippen molar-refractivity contribution >= 4 is 19.8 Å². The molecule has 0 aliphatic carbocycles. The van der Waals surface area contributed by atoms with Crippen LogP contribution < -0.4 is 4.89 Å². The Morgan fingerprint density at radius 3 is 1.01 bits per heavy atom. The molecule has 0 rings (SSSR count). The largest absolute Gasteiger partial charge is 0.756 e. The number of hydrogen-bond acceptors (Lipinski definition) is 8. The predicted octanol–water partition coefficient (Wildman–Crippen LogP) is 21.9. The number of hydrogen-bond donors (Lipinski definition) is 0. The van der Waals surface area contributed by atoms with E-state index in [2.05, 4.69) is 38.2 Å². The maximum Gasteiger partial charge on any atom is 0.306 e. The lowest BCUT2D eigenvalue weighted by atomic mass is 10.0. The molecule has 0 saturated heterocycles. The maximum atomic E-state index is 12.8. The number of ether oxygens (including phenoxy) is 2. The highest BCUT2D eigenvalue weighted by Crippen LogP contribution is 2.38. The second-order valence-corrected chi connectivity index (χ2v) is 26.7. The van der Waals surface area contributed by atoms with E-state index < -0.39 is 26.5 Å². The molecule has 0 aromatic rings. The zero-order chi connectivity index (χ0) is 58.4. The summed E-state index contributed by atoms with van der Waals surface area (Å²) in [5, 5.41) is 0. The Labute approximate surface area is 498 Å². The topological polar surface area (TPSA) is 111 Å². The number of unbranched alkanes of at least 4 members (excludes halogenated alkanes) is 48. The molecular weight excluding hydrogens is 1010 g/mol. The Hall–Kier alpha value is -1.51. The van der Waals surface area contributed by atoms with Gasteiger partial charge in [0, 0.05) is 12.8 Å². The van der Waals surface area contributed by atoms with Crippen LogP contribution in [0.5, 0.6) is 0 Å². The molecule has 0 aliphatic rings. The smallest absolute Gasteiger partial charge is 0.306 e. The molecule has 0 aromatic carbocycles. The van der Waals surface area contributed by atoms with Crippen LogP contribution in [0.25, 0.3) is 0 Å². The first-order valence-corrected chi connectivity index (χ1v) is 36.5. The van der Waals surface area contributed by atoms with E-state index in [0.717, 1.165) is 51.4 Å². The van der Waals surface area contributed by atoms with Gasteiger partial charge in [0.25, 0.3) is 7.82 Å². The standard InChI is InChI=1S/C70H136NO8P/c1-6-8-10-12-14-16-18-20-22-24-25-26-27-28-29-30-31-32-33-34-35-36-37-38-39-40-41-42-43-44-45-47-48-50-52-54-56-58-60-62-69(72)76-66-68(67-78-80(74,75)77-65-64-71(3,4)5)79-70(73)63-61-59-57-55-53-51-49-46-23-21-19-17-15-13-11-9-7-2/h15,17,21,23,68H,6-14,16,18-20,22,24-67H2,1-5H3/b17-15-,23-21-. The molecular formula is C70H136NO8P. The molecule has 80 heavy (non-hydrogen) atoms. The van der Waals surface area contributed by atoms with Crippen LogP contribution in [0, 0.1) is 0 Å². The van der Waals surface area contributed by atoms with E-state index in [0.29, 0.717) is 17.4 Å². The third-order valence-electron chi connectivity index (χ3n) is 16.0. The molecule has 0 fully saturated rings. The van der Waals surface area contributed by atoms with Gasteiger partial charge in [-0.25, -0.2) is 0 Å². The van der Waals surface area contributed by atoms with Crippen LogP contribution in [0.2, 0.25) is 0 Å².